The zero-order valence-electron chi connectivity index (χ0n) is 26.6. The summed E-state index contributed by atoms with van der Waals surface area (Å²) in [5, 5.41) is 33.0. The monoisotopic (exact) mass is 712 g/mol. The molecule has 0 bridgehead atoms. The first-order chi connectivity index (χ1) is 22.9. The first-order valence-corrected chi connectivity index (χ1v) is 16.8. The number of nitrogens with one attached hydrogen (secondary N) is 1. The van der Waals surface area contributed by atoms with E-state index in [1.807, 2.05) is 84.7 Å². The third-order valence-corrected chi connectivity index (χ3v) is 9.08. The third-order valence-electron chi connectivity index (χ3n) is 8.56. The van der Waals surface area contributed by atoms with Crippen LogP contribution in [0.5, 0.6) is 5.75 Å². The van der Waals surface area contributed by atoms with Gasteiger partial charge in [-0.05, 0) is 52.6 Å². The van der Waals surface area contributed by atoms with E-state index in [1.54, 1.807) is 24.3 Å². The van der Waals surface area contributed by atoms with Crippen LogP contribution in [-0.4, -0.2) is 56.2 Å². The van der Waals surface area contributed by atoms with Crippen molar-refractivity contribution in [3.63, 3.8) is 0 Å². The fraction of sp³-hybridized carbons (Fsp3) is 0.324. The fourth-order valence-electron chi connectivity index (χ4n) is 5.89. The van der Waals surface area contributed by atoms with E-state index in [0.717, 1.165) is 33.4 Å². The summed E-state index contributed by atoms with van der Waals surface area (Å²) in [6.45, 7) is 3.09. The molecule has 11 heteroatoms. The number of alkyl halides is 3. The molecule has 48 heavy (non-hydrogen) atoms. The Kier molecular flexibility index (Phi) is 12.1. The van der Waals surface area contributed by atoms with E-state index in [4.69, 9.17) is 44.3 Å². The summed E-state index contributed by atoms with van der Waals surface area (Å²) < 4.78 is 11.2. The van der Waals surface area contributed by atoms with Gasteiger partial charge in [-0.25, -0.2) is 0 Å². The molecule has 0 spiro atoms. The number of amides is 1. The molecule has 5 rings (SSSR count). The average Bonchev–Trinajstić information content (AvgIpc) is 3.08. The first-order valence-electron chi connectivity index (χ1n) is 15.6. The smallest absolute Gasteiger partial charge is 0.272 e. The maximum absolute atomic E-state index is 12.1. The van der Waals surface area contributed by atoms with E-state index in [0.29, 0.717) is 18.7 Å². The SMILES string of the molecule is C[C@H]1[C@@H](CN(C)C[C@@H](O)c2cccc(O)c2)O[C@@H](c2ccc(-c3ccccc3CNC(=O)C(Cl)(Cl)Cl)cc2)O[C@H]1c1ccc(CO)cc1. The number of carbonyl (C=O) groups excluding carboxylic acids is 1. The zero-order valence-corrected chi connectivity index (χ0v) is 28.9. The topological polar surface area (TPSA) is 111 Å². The number of rotatable bonds is 11. The molecular weight excluding hydrogens is 675 g/mol. The van der Waals surface area contributed by atoms with Crippen molar-refractivity contribution in [1.82, 2.24) is 10.2 Å². The highest BCUT2D eigenvalue weighted by molar-refractivity contribution is 6.76. The number of aromatic hydroxyl groups is 1. The molecule has 1 aliphatic heterocycles. The molecule has 1 fully saturated rings. The molecule has 0 unspecified atom stereocenters. The molecule has 4 aromatic rings. The zero-order chi connectivity index (χ0) is 34.4. The van der Waals surface area contributed by atoms with Crippen LogP contribution in [0.3, 0.4) is 0 Å². The number of halogens is 3. The van der Waals surface area contributed by atoms with Crippen LogP contribution in [0.2, 0.25) is 0 Å². The quantitative estimate of drug-likeness (QED) is 0.124. The summed E-state index contributed by atoms with van der Waals surface area (Å²) in [5.74, 6) is -0.640. The standard InChI is InChI=1S/C37H39Cl3N2O6/c1-23-33(21-42(2)20-32(45)28-7-5-8-30(44)18-28)47-35(48-34(23)26-12-10-24(22-43)11-13-26)27-16-14-25(15-17-27)31-9-4-3-6-29(31)19-41-36(46)37(38,39)40/h3-18,23,32-35,43-45H,19-22H2,1-2H3,(H,41,46)/t23-,32+,33+,34+,35+/m0/s1. The minimum atomic E-state index is -2.05. The number of carbonyl (C=O) groups is 1. The van der Waals surface area contributed by atoms with Gasteiger partial charge < -0.3 is 35.0 Å². The molecule has 1 heterocycles. The third kappa shape index (κ3) is 9.08. The molecule has 1 saturated heterocycles. The van der Waals surface area contributed by atoms with Crippen molar-refractivity contribution in [3.05, 3.63) is 125 Å². The van der Waals surface area contributed by atoms with Gasteiger partial charge in [0.25, 0.3) is 9.70 Å². The largest absolute Gasteiger partial charge is 0.508 e. The van der Waals surface area contributed by atoms with Crippen molar-refractivity contribution in [2.75, 3.05) is 20.1 Å². The van der Waals surface area contributed by atoms with E-state index in [2.05, 4.69) is 12.2 Å². The highest BCUT2D eigenvalue weighted by Crippen LogP contribution is 2.42. The van der Waals surface area contributed by atoms with Crippen LogP contribution in [0, 0.1) is 5.92 Å². The molecule has 0 aliphatic carbocycles. The molecular formula is C37H39Cl3N2O6. The molecule has 1 aliphatic rings. The number of aliphatic hydroxyl groups excluding tert-OH is 2. The van der Waals surface area contributed by atoms with Crippen molar-refractivity contribution in [3.8, 4) is 16.9 Å². The van der Waals surface area contributed by atoms with Crippen LogP contribution in [0.4, 0.5) is 0 Å². The first kappa shape index (κ1) is 36.1. The van der Waals surface area contributed by atoms with Crippen molar-refractivity contribution < 1.29 is 29.6 Å². The van der Waals surface area contributed by atoms with Gasteiger partial charge in [0.2, 0.25) is 0 Å². The molecule has 4 aromatic carbocycles. The van der Waals surface area contributed by atoms with Crippen LogP contribution in [-0.2, 0) is 27.4 Å². The van der Waals surface area contributed by atoms with Gasteiger partial charge in [-0.15, -0.1) is 0 Å². The van der Waals surface area contributed by atoms with Gasteiger partial charge in [0.15, 0.2) is 6.29 Å². The number of aliphatic hydroxyl groups is 2. The predicted molar refractivity (Wildman–Crippen MR) is 188 cm³/mol. The Morgan fingerprint density at radius 2 is 1.62 bits per heavy atom. The van der Waals surface area contributed by atoms with Crippen LogP contribution < -0.4 is 5.32 Å². The summed E-state index contributed by atoms with van der Waals surface area (Å²) in [6.07, 6.45) is -2.02. The maximum Gasteiger partial charge on any atom is 0.272 e. The average molecular weight is 714 g/mol. The highest BCUT2D eigenvalue weighted by atomic mass is 35.6. The van der Waals surface area contributed by atoms with Gasteiger partial charge in [0.05, 0.1) is 24.9 Å². The summed E-state index contributed by atoms with van der Waals surface area (Å²) in [5.41, 5.74) is 5.95. The molecule has 0 radical (unpaired) electrons. The lowest BCUT2D eigenvalue weighted by molar-refractivity contribution is -0.276. The highest BCUT2D eigenvalue weighted by Gasteiger charge is 2.39. The number of hydrogen-bond donors (Lipinski definition) is 4. The van der Waals surface area contributed by atoms with Crippen molar-refractivity contribution in [1.29, 1.82) is 0 Å². The van der Waals surface area contributed by atoms with Gasteiger partial charge in [0, 0.05) is 31.1 Å². The maximum atomic E-state index is 12.1. The Balaban J connectivity index is 1.36. The second-order valence-corrected chi connectivity index (χ2v) is 14.4. The van der Waals surface area contributed by atoms with Crippen LogP contribution in [0.15, 0.2) is 97.1 Å². The molecule has 0 saturated carbocycles. The van der Waals surface area contributed by atoms with E-state index in [1.165, 1.54) is 0 Å². The van der Waals surface area contributed by atoms with Gasteiger partial charge in [-0.3, -0.25) is 4.79 Å². The molecule has 254 valence electrons. The number of phenols is 1. The minimum absolute atomic E-state index is 0.0449. The minimum Gasteiger partial charge on any atom is -0.508 e. The summed E-state index contributed by atoms with van der Waals surface area (Å²) in [6, 6.07) is 29.9. The van der Waals surface area contributed by atoms with Gasteiger partial charge in [0.1, 0.15) is 5.75 Å². The van der Waals surface area contributed by atoms with Gasteiger partial charge in [-0.1, -0.05) is 127 Å². The lowest BCUT2D eigenvalue weighted by Gasteiger charge is -2.42. The van der Waals surface area contributed by atoms with Crippen LogP contribution in [0.1, 0.15) is 53.2 Å². The normalized spacial score (nSPS) is 20.4. The lowest BCUT2D eigenvalue weighted by Crippen LogP contribution is -2.44. The second-order valence-electron chi connectivity index (χ2n) is 12.1. The number of phenolic OH excluding ortho intramolecular Hbond substituents is 1. The van der Waals surface area contributed by atoms with Crippen LogP contribution >= 0.6 is 34.8 Å². The fourth-order valence-corrected chi connectivity index (χ4v) is 6.09. The number of nitrogens with zero attached hydrogens (tertiary/aromatic N) is 1. The Bertz CT molecular complexity index is 1670. The molecule has 8 nitrogen and oxygen atoms in total. The van der Waals surface area contributed by atoms with Gasteiger partial charge in [-0.2, -0.15) is 0 Å². The second kappa shape index (κ2) is 16.0. The van der Waals surface area contributed by atoms with Crippen LogP contribution in [0.25, 0.3) is 11.1 Å². The Labute approximate surface area is 295 Å². The Morgan fingerprint density at radius 3 is 2.29 bits per heavy atom. The molecule has 0 aromatic heterocycles. The molecule has 4 N–H and O–H groups in total. The number of hydrogen-bond acceptors (Lipinski definition) is 7. The van der Waals surface area contributed by atoms with E-state index >= 15 is 0 Å². The van der Waals surface area contributed by atoms with Gasteiger partial charge >= 0.3 is 0 Å². The number of ether oxygens (including phenoxy) is 2. The number of benzene rings is 4. The van der Waals surface area contributed by atoms with Crippen molar-refractivity contribution in [2.45, 2.75) is 48.5 Å². The lowest BCUT2D eigenvalue weighted by atomic mass is 9.90. The van der Waals surface area contributed by atoms with Crippen molar-refractivity contribution in [2.24, 2.45) is 5.92 Å². The summed E-state index contributed by atoms with van der Waals surface area (Å²) >= 11 is 17.2. The van der Waals surface area contributed by atoms with E-state index in [-0.39, 0.29) is 37.0 Å². The Morgan fingerprint density at radius 1 is 0.938 bits per heavy atom. The summed E-state index contributed by atoms with van der Waals surface area (Å²) in [4.78, 5) is 14.2. The van der Waals surface area contributed by atoms with Crippen molar-refractivity contribution >= 4 is 40.7 Å². The molecule has 5 atom stereocenters. The van der Waals surface area contributed by atoms with E-state index in [9.17, 15) is 20.1 Å². The predicted octanol–water partition coefficient (Wildman–Crippen LogP) is 6.99. The van der Waals surface area contributed by atoms with E-state index < -0.39 is 22.1 Å². The number of likely N-dealkylation sites (N-methyl/N-ethyl adjacent to an activating group) is 1. The summed E-state index contributed by atoms with van der Waals surface area (Å²) in [7, 11) is 1.93. The Hall–Kier alpha value is -3.18. The molecule has 1 amide bonds.